The van der Waals surface area contributed by atoms with E-state index in [1.165, 1.54) is 76.6 Å². The molecule has 1 aromatic rings. The zero-order valence-corrected chi connectivity index (χ0v) is 16.2. The van der Waals surface area contributed by atoms with Crippen LogP contribution in [0.4, 0.5) is 0 Å². The summed E-state index contributed by atoms with van der Waals surface area (Å²) in [6.45, 7) is 3.64. The Labute approximate surface area is 154 Å². The fourth-order valence-corrected chi connectivity index (χ4v) is 4.85. The molecule has 1 saturated heterocycles. The number of hydrogen-bond acceptors (Lipinski definition) is 3. The molecule has 3 rings (SSSR count). The number of rotatable bonds is 7. The molecular weight excluding hydrogens is 308 g/mol. The molecule has 1 atom stereocenters. The average molecular weight is 345 g/mol. The molecule has 2 aliphatic rings. The van der Waals surface area contributed by atoms with E-state index in [0.717, 1.165) is 11.7 Å². The topological polar surface area (TPSA) is 24.5 Å². The van der Waals surface area contributed by atoms with Crippen molar-refractivity contribution in [3.8, 4) is 5.75 Å². The van der Waals surface area contributed by atoms with Crippen molar-refractivity contribution in [2.24, 2.45) is 5.92 Å². The van der Waals surface area contributed by atoms with Gasteiger partial charge in [-0.1, -0.05) is 50.3 Å². The standard InChI is InChI=1S/C22H36N2O/c1-23-20(16-18-8-4-3-5-9-18)17-24-14-12-19(13-15-24)21-10-6-7-11-22(21)25-2/h6-7,10-11,18-20,23H,3-5,8-9,12-17H2,1-2H3/t20-/m1/s1. The van der Waals surface area contributed by atoms with Crippen molar-refractivity contribution >= 4 is 0 Å². The van der Waals surface area contributed by atoms with Crippen molar-refractivity contribution in [3.05, 3.63) is 29.8 Å². The molecule has 1 aromatic carbocycles. The van der Waals surface area contributed by atoms with Gasteiger partial charge in [0.05, 0.1) is 7.11 Å². The maximum Gasteiger partial charge on any atom is 0.122 e. The number of methoxy groups -OCH3 is 1. The van der Waals surface area contributed by atoms with Crippen LogP contribution in [0.2, 0.25) is 0 Å². The molecular formula is C22H36N2O. The van der Waals surface area contributed by atoms with E-state index >= 15 is 0 Å². The third-order valence-electron chi connectivity index (χ3n) is 6.40. The summed E-state index contributed by atoms with van der Waals surface area (Å²) >= 11 is 0. The van der Waals surface area contributed by atoms with Crippen molar-refractivity contribution < 1.29 is 4.74 Å². The van der Waals surface area contributed by atoms with Crippen molar-refractivity contribution in [1.82, 2.24) is 10.2 Å². The molecule has 3 nitrogen and oxygen atoms in total. The third-order valence-corrected chi connectivity index (χ3v) is 6.40. The summed E-state index contributed by atoms with van der Waals surface area (Å²) in [5.74, 6) is 2.67. The van der Waals surface area contributed by atoms with Crippen molar-refractivity contribution in [3.63, 3.8) is 0 Å². The van der Waals surface area contributed by atoms with Crippen LogP contribution in [0.15, 0.2) is 24.3 Å². The maximum absolute atomic E-state index is 5.57. The molecule has 140 valence electrons. The van der Waals surface area contributed by atoms with Gasteiger partial charge < -0.3 is 15.0 Å². The van der Waals surface area contributed by atoms with Gasteiger partial charge in [-0.3, -0.25) is 0 Å². The van der Waals surface area contributed by atoms with Crippen LogP contribution in [0.1, 0.15) is 62.8 Å². The zero-order chi connectivity index (χ0) is 17.5. The van der Waals surface area contributed by atoms with E-state index in [0.29, 0.717) is 12.0 Å². The van der Waals surface area contributed by atoms with Crippen LogP contribution in [0.3, 0.4) is 0 Å². The van der Waals surface area contributed by atoms with Gasteiger partial charge in [0.15, 0.2) is 0 Å². The van der Waals surface area contributed by atoms with Gasteiger partial charge in [-0.05, 0) is 62.9 Å². The minimum Gasteiger partial charge on any atom is -0.496 e. The minimum atomic E-state index is 0.652. The van der Waals surface area contributed by atoms with Gasteiger partial charge in [0, 0.05) is 12.6 Å². The van der Waals surface area contributed by atoms with Crippen LogP contribution in [-0.2, 0) is 0 Å². The van der Waals surface area contributed by atoms with Crippen molar-refractivity contribution in [2.75, 3.05) is 33.8 Å². The van der Waals surface area contributed by atoms with Gasteiger partial charge in [-0.25, -0.2) is 0 Å². The van der Waals surface area contributed by atoms with E-state index in [9.17, 15) is 0 Å². The van der Waals surface area contributed by atoms with Crippen LogP contribution in [0.5, 0.6) is 5.75 Å². The molecule has 3 heteroatoms. The van der Waals surface area contributed by atoms with Crippen LogP contribution in [0.25, 0.3) is 0 Å². The molecule has 1 aliphatic carbocycles. The summed E-state index contributed by atoms with van der Waals surface area (Å²) < 4.78 is 5.57. The van der Waals surface area contributed by atoms with Crippen molar-refractivity contribution in [1.29, 1.82) is 0 Å². The zero-order valence-electron chi connectivity index (χ0n) is 16.2. The van der Waals surface area contributed by atoms with E-state index in [1.54, 1.807) is 7.11 Å². The molecule has 1 heterocycles. The van der Waals surface area contributed by atoms with Crippen molar-refractivity contribution in [2.45, 2.75) is 63.3 Å². The Bertz CT molecular complexity index is 505. The second-order valence-corrected chi connectivity index (χ2v) is 8.04. The second-order valence-electron chi connectivity index (χ2n) is 8.04. The number of nitrogens with zero attached hydrogens (tertiary/aromatic N) is 1. The van der Waals surface area contributed by atoms with Crippen LogP contribution in [-0.4, -0.2) is 44.7 Å². The highest BCUT2D eigenvalue weighted by Gasteiger charge is 2.25. The molecule has 1 saturated carbocycles. The number of ether oxygens (including phenoxy) is 1. The molecule has 0 spiro atoms. The predicted octanol–water partition coefficient (Wildman–Crippen LogP) is 4.43. The number of para-hydroxylation sites is 1. The SMILES string of the molecule is CN[C@H](CC1CCCCC1)CN1CCC(c2ccccc2OC)CC1. The summed E-state index contributed by atoms with van der Waals surface area (Å²) in [5.41, 5.74) is 1.40. The Hall–Kier alpha value is -1.06. The number of benzene rings is 1. The summed E-state index contributed by atoms with van der Waals surface area (Å²) in [5, 5.41) is 3.60. The summed E-state index contributed by atoms with van der Waals surface area (Å²) in [7, 11) is 3.94. The molecule has 0 amide bonds. The highest BCUT2D eigenvalue weighted by molar-refractivity contribution is 5.36. The molecule has 0 unspecified atom stereocenters. The van der Waals surface area contributed by atoms with Gasteiger partial charge in [-0.2, -0.15) is 0 Å². The number of piperidine rings is 1. The Morgan fingerprint density at radius 2 is 1.80 bits per heavy atom. The summed E-state index contributed by atoms with van der Waals surface area (Å²) in [4.78, 5) is 2.68. The molecule has 2 fully saturated rings. The van der Waals surface area contributed by atoms with Crippen LogP contribution >= 0.6 is 0 Å². The number of likely N-dealkylation sites (N-methyl/N-ethyl adjacent to an activating group) is 1. The first-order valence-corrected chi connectivity index (χ1v) is 10.3. The lowest BCUT2D eigenvalue weighted by Gasteiger charge is -2.36. The van der Waals surface area contributed by atoms with E-state index in [1.807, 2.05) is 0 Å². The lowest BCUT2D eigenvalue weighted by atomic mass is 9.84. The smallest absolute Gasteiger partial charge is 0.122 e. The van der Waals surface area contributed by atoms with E-state index in [4.69, 9.17) is 4.74 Å². The van der Waals surface area contributed by atoms with Gasteiger partial charge in [0.25, 0.3) is 0 Å². The molecule has 25 heavy (non-hydrogen) atoms. The lowest BCUT2D eigenvalue weighted by Crippen LogP contribution is -2.43. The Morgan fingerprint density at radius 1 is 1.08 bits per heavy atom. The maximum atomic E-state index is 5.57. The molecule has 0 bridgehead atoms. The van der Waals surface area contributed by atoms with Gasteiger partial charge in [0.2, 0.25) is 0 Å². The van der Waals surface area contributed by atoms with E-state index in [-0.39, 0.29) is 0 Å². The van der Waals surface area contributed by atoms with Gasteiger partial charge in [0.1, 0.15) is 5.75 Å². The summed E-state index contributed by atoms with van der Waals surface area (Å²) in [6, 6.07) is 9.22. The highest BCUT2D eigenvalue weighted by atomic mass is 16.5. The first-order chi connectivity index (χ1) is 12.3. The largest absolute Gasteiger partial charge is 0.496 e. The highest BCUT2D eigenvalue weighted by Crippen LogP contribution is 2.34. The number of likely N-dealkylation sites (tertiary alicyclic amines) is 1. The Kier molecular flexibility index (Phi) is 7.18. The predicted molar refractivity (Wildman–Crippen MR) is 105 cm³/mol. The van der Waals surface area contributed by atoms with Crippen LogP contribution in [0, 0.1) is 5.92 Å². The third kappa shape index (κ3) is 5.21. The number of hydrogen-bond donors (Lipinski definition) is 1. The first-order valence-electron chi connectivity index (χ1n) is 10.3. The molecule has 1 aliphatic heterocycles. The first kappa shape index (κ1) is 18.7. The monoisotopic (exact) mass is 344 g/mol. The quantitative estimate of drug-likeness (QED) is 0.792. The molecule has 0 radical (unpaired) electrons. The Balaban J connectivity index is 1.48. The summed E-state index contributed by atoms with van der Waals surface area (Å²) in [6.07, 6.45) is 11.1. The van der Waals surface area contributed by atoms with Gasteiger partial charge in [-0.15, -0.1) is 0 Å². The second kappa shape index (κ2) is 9.59. The van der Waals surface area contributed by atoms with E-state index in [2.05, 4.69) is 41.5 Å². The fourth-order valence-electron chi connectivity index (χ4n) is 4.85. The number of nitrogens with one attached hydrogen (secondary N) is 1. The molecule has 0 aromatic heterocycles. The minimum absolute atomic E-state index is 0.652. The lowest BCUT2D eigenvalue weighted by molar-refractivity contribution is 0.177. The fraction of sp³-hybridized carbons (Fsp3) is 0.727. The average Bonchev–Trinajstić information content (AvgIpc) is 2.69. The van der Waals surface area contributed by atoms with Gasteiger partial charge >= 0.3 is 0 Å². The normalized spacial score (nSPS) is 22.0. The van der Waals surface area contributed by atoms with Crippen LogP contribution < -0.4 is 10.1 Å². The Morgan fingerprint density at radius 3 is 2.48 bits per heavy atom. The van der Waals surface area contributed by atoms with E-state index < -0.39 is 0 Å². The molecule has 1 N–H and O–H groups in total.